The SMILES string of the molecule is CN1CCN(C(=O)COc2ccc(S(=O)(=O)N3CCc4ccccc43)cc2Cl)CC1. The smallest absolute Gasteiger partial charge is 0.264 e. The van der Waals surface area contributed by atoms with E-state index >= 15 is 0 Å². The number of anilines is 1. The van der Waals surface area contributed by atoms with E-state index in [9.17, 15) is 13.2 Å². The molecule has 0 saturated carbocycles. The Morgan fingerprint density at radius 2 is 1.80 bits per heavy atom. The van der Waals surface area contributed by atoms with E-state index in [-0.39, 0.29) is 22.4 Å². The van der Waals surface area contributed by atoms with E-state index in [4.69, 9.17) is 16.3 Å². The van der Waals surface area contributed by atoms with Crippen LogP contribution in [-0.2, 0) is 21.2 Å². The number of hydrogen-bond acceptors (Lipinski definition) is 5. The molecule has 9 heteroatoms. The van der Waals surface area contributed by atoms with Gasteiger partial charge in [-0.2, -0.15) is 0 Å². The maximum atomic E-state index is 13.1. The molecule has 0 spiro atoms. The van der Waals surface area contributed by atoms with Gasteiger partial charge in [-0.1, -0.05) is 29.8 Å². The topological polar surface area (TPSA) is 70.2 Å². The van der Waals surface area contributed by atoms with Gasteiger partial charge in [0.05, 0.1) is 15.6 Å². The largest absolute Gasteiger partial charge is 0.482 e. The fraction of sp³-hybridized carbons (Fsp3) is 0.381. The van der Waals surface area contributed by atoms with Crippen molar-refractivity contribution in [2.75, 3.05) is 50.7 Å². The summed E-state index contributed by atoms with van der Waals surface area (Å²) in [5.41, 5.74) is 1.71. The highest BCUT2D eigenvalue weighted by Crippen LogP contribution is 2.35. The first kappa shape index (κ1) is 21.0. The van der Waals surface area contributed by atoms with Gasteiger partial charge in [0, 0.05) is 32.7 Å². The molecule has 7 nitrogen and oxygen atoms in total. The highest BCUT2D eigenvalue weighted by molar-refractivity contribution is 7.92. The van der Waals surface area contributed by atoms with Gasteiger partial charge in [-0.15, -0.1) is 0 Å². The molecule has 2 aliphatic heterocycles. The first-order valence-corrected chi connectivity index (χ1v) is 11.7. The summed E-state index contributed by atoms with van der Waals surface area (Å²) in [6.07, 6.45) is 0.679. The molecule has 0 N–H and O–H groups in total. The molecule has 1 fully saturated rings. The van der Waals surface area contributed by atoms with Crippen molar-refractivity contribution in [2.45, 2.75) is 11.3 Å². The molecule has 0 atom stereocenters. The monoisotopic (exact) mass is 449 g/mol. The molecule has 4 rings (SSSR count). The molecule has 1 saturated heterocycles. The van der Waals surface area contributed by atoms with Gasteiger partial charge in [-0.25, -0.2) is 8.42 Å². The molecular formula is C21H24ClN3O4S. The van der Waals surface area contributed by atoms with Crippen molar-refractivity contribution in [3.05, 3.63) is 53.1 Å². The van der Waals surface area contributed by atoms with Crippen LogP contribution in [0.5, 0.6) is 5.75 Å². The van der Waals surface area contributed by atoms with Crippen molar-refractivity contribution in [1.82, 2.24) is 9.80 Å². The van der Waals surface area contributed by atoms with Crippen LogP contribution in [0.2, 0.25) is 5.02 Å². The van der Waals surface area contributed by atoms with E-state index in [1.807, 2.05) is 31.3 Å². The van der Waals surface area contributed by atoms with Crippen molar-refractivity contribution in [1.29, 1.82) is 0 Å². The van der Waals surface area contributed by atoms with Gasteiger partial charge in [0.2, 0.25) is 0 Å². The summed E-state index contributed by atoms with van der Waals surface area (Å²) in [4.78, 5) is 16.4. The third-order valence-corrected chi connectivity index (χ3v) is 7.65. The number of halogens is 1. The number of carbonyl (C=O) groups is 1. The third-order valence-electron chi connectivity index (χ3n) is 5.54. The number of likely N-dealkylation sites (N-methyl/N-ethyl adjacent to an activating group) is 1. The lowest BCUT2D eigenvalue weighted by Gasteiger charge is -2.32. The first-order valence-electron chi connectivity index (χ1n) is 9.85. The molecule has 2 aliphatic rings. The zero-order valence-electron chi connectivity index (χ0n) is 16.8. The molecule has 0 aromatic heterocycles. The molecule has 2 heterocycles. The number of amides is 1. The second-order valence-electron chi connectivity index (χ2n) is 7.52. The molecule has 2 aromatic carbocycles. The number of piperazine rings is 1. The predicted octanol–water partition coefficient (Wildman–Crippen LogP) is 2.24. The lowest BCUT2D eigenvalue weighted by atomic mass is 10.2. The van der Waals surface area contributed by atoms with Crippen molar-refractivity contribution in [3.8, 4) is 5.75 Å². The Morgan fingerprint density at radius 1 is 1.07 bits per heavy atom. The van der Waals surface area contributed by atoms with Crippen LogP contribution in [0.15, 0.2) is 47.4 Å². The number of benzene rings is 2. The van der Waals surface area contributed by atoms with Crippen molar-refractivity contribution in [2.24, 2.45) is 0 Å². The molecule has 2 aromatic rings. The first-order chi connectivity index (χ1) is 14.4. The molecule has 1 amide bonds. The molecule has 0 aliphatic carbocycles. The Bertz CT molecular complexity index is 1050. The van der Waals surface area contributed by atoms with Crippen molar-refractivity contribution in [3.63, 3.8) is 0 Å². The van der Waals surface area contributed by atoms with Crippen LogP contribution in [0.3, 0.4) is 0 Å². The molecular weight excluding hydrogens is 426 g/mol. The van der Waals surface area contributed by atoms with E-state index in [0.29, 0.717) is 37.5 Å². The summed E-state index contributed by atoms with van der Waals surface area (Å²) < 4.78 is 33.2. The van der Waals surface area contributed by atoms with Crippen LogP contribution in [-0.4, -0.2) is 70.5 Å². The van der Waals surface area contributed by atoms with E-state index in [1.165, 1.54) is 22.5 Å². The Morgan fingerprint density at radius 3 is 2.53 bits per heavy atom. The molecule has 160 valence electrons. The van der Waals surface area contributed by atoms with Gasteiger partial charge >= 0.3 is 0 Å². The van der Waals surface area contributed by atoms with Gasteiger partial charge in [-0.3, -0.25) is 9.10 Å². The number of nitrogens with zero attached hydrogens (tertiary/aromatic N) is 3. The molecule has 0 radical (unpaired) electrons. The third kappa shape index (κ3) is 4.12. The Balaban J connectivity index is 1.45. The number of fused-ring (bicyclic) bond motifs is 1. The standard InChI is InChI=1S/C21H24ClN3O4S/c1-23-10-12-24(13-11-23)21(26)15-29-20-7-6-17(14-18(20)22)30(27,28)25-9-8-16-4-2-3-5-19(16)25/h2-7,14H,8-13,15H2,1H3. The van der Waals surface area contributed by atoms with Crippen LogP contribution >= 0.6 is 11.6 Å². The lowest BCUT2D eigenvalue weighted by Crippen LogP contribution is -2.48. The highest BCUT2D eigenvalue weighted by Gasteiger charge is 2.31. The maximum Gasteiger partial charge on any atom is 0.264 e. The van der Waals surface area contributed by atoms with Crippen LogP contribution in [0.4, 0.5) is 5.69 Å². The van der Waals surface area contributed by atoms with E-state index < -0.39 is 10.0 Å². The second-order valence-corrected chi connectivity index (χ2v) is 9.79. The quantitative estimate of drug-likeness (QED) is 0.700. The Labute approximate surface area is 181 Å². The van der Waals surface area contributed by atoms with Gasteiger partial charge in [0.1, 0.15) is 5.75 Å². The van der Waals surface area contributed by atoms with E-state index in [2.05, 4.69) is 4.90 Å². The van der Waals surface area contributed by atoms with E-state index in [0.717, 1.165) is 18.7 Å². The highest BCUT2D eigenvalue weighted by atomic mass is 35.5. The van der Waals surface area contributed by atoms with Gasteiger partial charge in [0.25, 0.3) is 15.9 Å². The summed E-state index contributed by atoms with van der Waals surface area (Å²) in [5.74, 6) is 0.185. The number of ether oxygens (including phenoxy) is 1. The van der Waals surface area contributed by atoms with Gasteiger partial charge < -0.3 is 14.5 Å². The number of sulfonamides is 1. The minimum absolute atomic E-state index is 0.0990. The van der Waals surface area contributed by atoms with Gasteiger partial charge in [-0.05, 0) is 43.3 Å². The van der Waals surface area contributed by atoms with Gasteiger partial charge in [0.15, 0.2) is 6.61 Å². The second kappa shape index (κ2) is 8.45. The normalized spacial score (nSPS) is 17.1. The average molecular weight is 450 g/mol. The molecule has 0 bridgehead atoms. The molecule has 0 unspecified atom stereocenters. The summed E-state index contributed by atoms with van der Waals surface area (Å²) in [6, 6.07) is 11.8. The number of hydrogen-bond donors (Lipinski definition) is 0. The van der Waals surface area contributed by atoms with E-state index in [1.54, 1.807) is 4.90 Å². The predicted molar refractivity (Wildman–Crippen MR) is 116 cm³/mol. The summed E-state index contributed by atoms with van der Waals surface area (Å²) >= 11 is 6.29. The Hall–Kier alpha value is -2.29. The zero-order chi connectivity index (χ0) is 21.3. The summed E-state index contributed by atoms with van der Waals surface area (Å²) in [6.45, 7) is 3.27. The van der Waals surface area contributed by atoms with Crippen molar-refractivity contribution >= 4 is 33.2 Å². The fourth-order valence-electron chi connectivity index (χ4n) is 3.73. The van der Waals surface area contributed by atoms with Crippen LogP contribution < -0.4 is 9.04 Å². The van der Waals surface area contributed by atoms with Crippen LogP contribution in [0.25, 0.3) is 0 Å². The van der Waals surface area contributed by atoms with Crippen molar-refractivity contribution < 1.29 is 17.9 Å². The number of carbonyl (C=O) groups excluding carboxylic acids is 1. The van der Waals surface area contributed by atoms with Crippen LogP contribution in [0.1, 0.15) is 5.56 Å². The fourth-order valence-corrected chi connectivity index (χ4v) is 5.56. The summed E-state index contributed by atoms with van der Waals surface area (Å²) in [5, 5.41) is 0.162. The zero-order valence-corrected chi connectivity index (χ0v) is 18.3. The average Bonchev–Trinajstić information content (AvgIpc) is 3.18. The van der Waals surface area contributed by atoms with Crippen LogP contribution in [0, 0.1) is 0 Å². The number of para-hydroxylation sites is 1. The molecule has 30 heavy (non-hydrogen) atoms. The summed E-state index contributed by atoms with van der Waals surface area (Å²) in [7, 11) is -1.71. The maximum absolute atomic E-state index is 13.1. The minimum Gasteiger partial charge on any atom is -0.482 e. The lowest BCUT2D eigenvalue weighted by molar-refractivity contribution is -0.134. The Kier molecular flexibility index (Phi) is 5.90. The number of rotatable bonds is 5. The minimum atomic E-state index is -3.73.